The lowest BCUT2D eigenvalue weighted by Gasteiger charge is -1.94. The van der Waals surface area contributed by atoms with Gasteiger partial charge in [0.1, 0.15) is 4.86 Å². The van der Waals surface area contributed by atoms with Crippen LogP contribution in [0.2, 0.25) is 0 Å². The van der Waals surface area contributed by atoms with Gasteiger partial charge in [-0.3, -0.25) is 4.79 Å². The van der Waals surface area contributed by atoms with E-state index < -0.39 is 16.1 Å². The molecule has 0 saturated carbocycles. The highest BCUT2D eigenvalue weighted by molar-refractivity contribution is 7.74. The van der Waals surface area contributed by atoms with Gasteiger partial charge in [0.2, 0.25) is 16.1 Å². The summed E-state index contributed by atoms with van der Waals surface area (Å²) < 4.78 is 20.9. The van der Waals surface area contributed by atoms with Gasteiger partial charge in [-0.05, 0) is 6.92 Å². The Bertz CT molecular complexity index is 435. The average molecular weight is 196 g/mol. The van der Waals surface area contributed by atoms with Crippen molar-refractivity contribution in [3.8, 4) is 0 Å². The molecule has 0 aliphatic rings. The molecule has 1 aromatic rings. The molecule has 0 bridgehead atoms. The number of ketones is 1. The highest BCUT2D eigenvalue weighted by Crippen LogP contribution is 2.00. The summed E-state index contributed by atoms with van der Waals surface area (Å²) in [5.74, 6) is -0.450. The number of hydrogen-bond donors (Lipinski definition) is 0. The van der Waals surface area contributed by atoms with Crippen molar-refractivity contribution in [3.05, 3.63) is 35.9 Å². The van der Waals surface area contributed by atoms with E-state index in [1.165, 1.54) is 6.92 Å². The van der Waals surface area contributed by atoms with Gasteiger partial charge in [-0.25, -0.2) is 0 Å². The molecule has 1 aromatic carbocycles. The molecule has 4 heteroatoms. The second-order valence-electron chi connectivity index (χ2n) is 2.49. The lowest BCUT2D eigenvalue weighted by Crippen LogP contribution is -2.10. The van der Waals surface area contributed by atoms with Crippen LogP contribution in [-0.4, -0.2) is 19.1 Å². The second-order valence-corrected chi connectivity index (χ2v) is 3.57. The van der Waals surface area contributed by atoms with Crippen molar-refractivity contribution < 1.29 is 13.2 Å². The number of benzene rings is 1. The Labute approximate surface area is 77.5 Å². The van der Waals surface area contributed by atoms with E-state index in [0.29, 0.717) is 5.56 Å². The highest BCUT2D eigenvalue weighted by atomic mass is 32.2. The third kappa shape index (κ3) is 2.26. The third-order valence-electron chi connectivity index (χ3n) is 1.61. The van der Waals surface area contributed by atoms with E-state index in [1.807, 2.05) is 0 Å². The Kier molecular flexibility index (Phi) is 2.97. The molecule has 0 aliphatic heterocycles. The predicted molar refractivity (Wildman–Crippen MR) is 50.4 cm³/mol. The Morgan fingerprint density at radius 1 is 1.15 bits per heavy atom. The maximum absolute atomic E-state index is 11.4. The van der Waals surface area contributed by atoms with Gasteiger partial charge in [-0.2, -0.15) is 8.42 Å². The Morgan fingerprint density at radius 2 is 1.69 bits per heavy atom. The molecule has 0 aromatic heterocycles. The predicted octanol–water partition coefficient (Wildman–Crippen LogP) is 0.941. The van der Waals surface area contributed by atoms with Crippen molar-refractivity contribution in [1.82, 2.24) is 0 Å². The van der Waals surface area contributed by atoms with Crippen LogP contribution in [0, 0.1) is 0 Å². The third-order valence-corrected chi connectivity index (χ3v) is 2.29. The molecule has 0 saturated heterocycles. The fraction of sp³-hybridized carbons (Fsp3) is 0.111. The molecular weight excluding hydrogens is 188 g/mol. The second kappa shape index (κ2) is 4.00. The van der Waals surface area contributed by atoms with E-state index in [4.69, 9.17) is 0 Å². The van der Waals surface area contributed by atoms with Gasteiger partial charge in [0, 0.05) is 5.56 Å². The maximum atomic E-state index is 11.4. The van der Waals surface area contributed by atoms with Gasteiger partial charge in [-0.1, -0.05) is 30.3 Å². The summed E-state index contributed by atoms with van der Waals surface area (Å²) in [4.78, 5) is 11.2. The van der Waals surface area contributed by atoms with Crippen LogP contribution in [0.15, 0.2) is 30.3 Å². The van der Waals surface area contributed by atoms with Crippen molar-refractivity contribution in [3.63, 3.8) is 0 Å². The SMILES string of the molecule is CC(C(=O)c1ccccc1)=S(=O)=O. The van der Waals surface area contributed by atoms with E-state index in [1.54, 1.807) is 30.3 Å². The first-order valence-electron chi connectivity index (χ1n) is 3.65. The number of rotatable bonds is 2. The lowest BCUT2D eigenvalue weighted by atomic mass is 10.1. The van der Waals surface area contributed by atoms with E-state index in [9.17, 15) is 13.2 Å². The van der Waals surface area contributed by atoms with Gasteiger partial charge in [-0.15, -0.1) is 0 Å². The standard InChI is InChI=1S/C9H8O3S/c1-7(13(11)12)9(10)8-5-3-2-4-6-8/h2-6H,1H3. The topological polar surface area (TPSA) is 51.2 Å². The molecule has 13 heavy (non-hydrogen) atoms. The highest BCUT2D eigenvalue weighted by Gasteiger charge is 2.09. The molecule has 0 fully saturated rings. The number of carbonyl (C=O) groups is 1. The van der Waals surface area contributed by atoms with E-state index in [2.05, 4.69) is 0 Å². The van der Waals surface area contributed by atoms with Crippen molar-refractivity contribution in [2.75, 3.05) is 0 Å². The number of Topliss-reactive ketones (excluding diaryl/α,β-unsaturated/α-hetero) is 1. The van der Waals surface area contributed by atoms with E-state index >= 15 is 0 Å². The molecule has 0 spiro atoms. The molecular formula is C9H8O3S. The minimum atomic E-state index is -2.42. The molecule has 1 rings (SSSR count). The molecule has 0 atom stereocenters. The van der Waals surface area contributed by atoms with Crippen LogP contribution in [0.1, 0.15) is 17.3 Å². The van der Waals surface area contributed by atoms with E-state index in [0.717, 1.165) is 0 Å². The smallest absolute Gasteiger partial charge is 0.221 e. The van der Waals surface area contributed by atoms with Crippen LogP contribution in [0.25, 0.3) is 0 Å². The van der Waals surface area contributed by atoms with Crippen LogP contribution < -0.4 is 0 Å². The molecule has 68 valence electrons. The van der Waals surface area contributed by atoms with Crippen LogP contribution in [0.4, 0.5) is 0 Å². The molecule has 0 heterocycles. The van der Waals surface area contributed by atoms with Crippen LogP contribution in [0.3, 0.4) is 0 Å². The van der Waals surface area contributed by atoms with Gasteiger partial charge in [0.25, 0.3) is 0 Å². The van der Waals surface area contributed by atoms with Crippen molar-refractivity contribution >= 4 is 20.9 Å². The summed E-state index contributed by atoms with van der Waals surface area (Å²) in [6.07, 6.45) is 0. The molecule has 3 nitrogen and oxygen atoms in total. The van der Waals surface area contributed by atoms with Crippen LogP contribution in [-0.2, 0) is 10.3 Å². The first-order valence-corrected chi connectivity index (χ1v) is 4.73. The zero-order chi connectivity index (χ0) is 9.84. The van der Waals surface area contributed by atoms with Gasteiger partial charge >= 0.3 is 0 Å². The summed E-state index contributed by atoms with van der Waals surface area (Å²) in [7, 11) is -2.42. The molecule has 0 radical (unpaired) electrons. The molecule has 0 N–H and O–H groups in total. The summed E-state index contributed by atoms with van der Waals surface area (Å²) in [6, 6.07) is 8.31. The summed E-state index contributed by atoms with van der Waals surface area (Å²) in [5.41, 5.74) is 0.393. The minimum Gasteiger partial charge on any atom is -0.288 e. The Hall–Kier alpha value is -1.42. The van der Waals surface area contributed by atoms with Crippen molar-refractivity contribution in [2.24, 2.45) is 0 Å². The monoisotopic (exact) mass is 196 g/mol. The summed E-state index contributed by atoms with van der Waals surface area (Å²) >= 11 is 0. The number of carbonyl (C=O) groups excluding carboxylic acids is 1. The van der Waals surface area contributed by atoms with E-state index in [-0.39, 0.29) is 4.86 Å². The quantitative estimate of drug-likeness (QED) is 0.522. The largest absolute Gasteiger partial charge is 0.288 e. The minimum absolute atomic E-state index is 0.161. The van der Waals surface area contributed by atoms with Gasteiger partial charge in [0.05, 0.1) is 0 Å². The Balaban J connectivity index is 3.15. The zero-order valence-electron chi connectivity index (χ0n) is 7.02. The summed E-state index contributed by atoms with van der Waals surface area (Å²) in [6.45, 7) is 1.29. The molecule has 0 amide bonds. The molecule has 0 unspecified atom stereocenters. The van der Waals surface area contributed by atoms with Gasteiger partial charge in [0.15, 0.2) is 0 Å². The van der Waals surface area contributed by atoms with Crippen molar-refractivity contribution in [1.29, 1.82) is 0 Å². The summed E-state index contributed by atoms with van der Waals surface area (Å²) in [5, 5.41) is 0. The lowest BCUT2D eigenvalue weighted by molar-refractivity contribution is 0.106. The first kappa shape index (κ1) is 9.67. The molecule has 0 aliphatic carbocycles. The number of hydrogen-bond acceptors (Lipinski definition) is 3. The normalized spacial score (nSPS) is 9.31. The Morgan fingerprint density at radius 3 is 2.15 bits per heavy atom. The van der Waals surface area contributed by atoms with Crippen LogP contribution >= 0.6 is 0 Å². The van der Waals surface area contributed by atoms with Gasteiger partial charge < -0.3 is 0 Å². The van der Waals surface area contributed by atoms with Crippen molar-refractivity contribution in [2.45, 2.75) is 6.92 Å². The average Bonchev–Trinajstić information content (AvgIpc) is 2.17. The zero-order valence-corrected chi connectivity index (χ0v) is 7.84. The fourth-order valence-electron chi connectivity index (χ4n) is 0.868. The fourth-order valence-corrected chi connectivity index (χ4v) is 1.14. The van der Waals surface area contributed by atoms with Crippen LogP contribution in [0.5, 0.6) is 0 Å². The first-order chi connectivity index (χ1) is 6.13. The maximum Gasteiger partial charge on any atom is 0.221 e.